The molecule has 0 spiro atoms. The van der Waals surface area contributed by atoms with Crippen molar-refractivity contribution in [1.29, 1.82) is 0 Å². The number of nitro benzene ring substituents is 2. The van der Waals surface area contributed by atoms with Crippen LogP contribution in [0.5, 0.6) is 11.5 Å². The van der Waals surface area contributed by atoms with Crippen molar-refractivity contribution in [3.63, 3.8) is 0 Å². The van der Waals surface area contributed by atoms with Crippen LogP contribution < -0.4 is 9.47 Å². The Balaban J connectivity index is 2.12. The number of carbonyl (C=O) groups is 1. The highest BCUT2D eigenvalue weighted by atomic mass is 17.0. The molecule has 0 aliphatic carbocycles. The Morgan fingerprint density at radius 1 is 0.632 bits per heavy atom. The van der Waals surface area contributed by atoms with Crippen molar-refractivity contribution in [1.82, 2.24) is 0 Å². The Morgan fingerprint density at radius 2 is 1.03 bits per heavy atom. The van der Waals surface area contributed by atoms with Gasteiger partial charge in [0.2, 0.25) is 0 Å². The lowest BCUT2D eigenvalue weighted by Gasteiger charge is -2.12. The van der Waals surface area contributed by atoms with Gasteiger partial charge in [0.25, 0.3) is 21.5 Å². The smallest absolute Gasteiger partial charge is 0.394 e. The van der Waals surface area contributed by atoms with E-state index in [9.17, 15) is 45.3 Å². The first-order chi connectivity index (χ1) is 18.1. The van der Waals surface area contributed by atoms with Crippen molar-refractivity contribution in [3.05, 3.63) is 88.0 Å². The molecular weight excluding hydrogens is 516 g/mol. The van der Waals surface area contributed by atoms with Crippen LogP contribution in [0.3, 0.4) is 0 Å². The van der Waals surface area contributed by atoms with Crippen LogP contribution in [0.2, 0.25) is 0 Å². The van der Waals surface area contributed by atoms with E-state index in [4.69, 9.17) is 9.47 Å². The minimum absolute atomic E-state index is 0.0452. The van der Waals surface area contributed by atoms with Crippen molar-refractivity contribution in [2.45, 2.75) is 38.5 Å². The fourth-order valence-electron chi connectivity index (χ4n) is 3.26. The molecule has 0 N–H and O–H groups in total. The number of carbonyl (C=O) groups excluding carboxylic acids is 1. The second kappa shape index (κ2) is 14.5. The highest BCUT2D eigenvalue weighted by Crippen LogP contribution is 2.29. The zero-order valence-electron chi connectivity index (χ0n) is 19.7. The molecule has 0 saturated heterocycles. The molecular formula is C21H22N4O13. The average molecular weight is 538 g/mol. The lowest BCUT2D eigenvalue weighted by molar-refractivity contribution is -0.757. The summed E-state index contributed by atoms with van der Waals surface area (Å²) < 4.78 is 10.5. The Bertz CT molecular complexity index is 1100. The first kappa shape index (κ1) is 29.1. The highest BCUT2D eigenvalue weighted by Gasteiger charge is 2.19. The average Bonchev–Trinajstić information content (AvgIpc) is 2.84. The quantitative estimate of drug-likeness (QED) is 0.0963. The second-order valence-electron chi connectivity index (χ2n) is 7.58. The molecule has 2 aromatic carbocycles. The molecule has 38 heavy (non-hydrogen) atoms. The second-order valence-corrected chi connectivity index (χ2v) is 7.58. The maximum absolute atomic E-state index is 12.5. The number of ether oxygens (including phenoxy) is 2. The van der Waals surface area contributed by atoms with E-state index in [1.54, 1.807) is 0 Å². The van der Waals surface area contributed by atoms with E-state index >= 15 is 0 Å². The lowest BCUT2D eigenvalue weighted by atomic mass is 10.1. The van der Waals surface area contributed by atoms with Gasteiger partial charge >= 0.3 is 6.16 Å². The van der Waals surface area contributed by atoms with Gasteiger partial charge in [-0.15, -0.1) is 20.2 Å². The number of hydrogen-bond donors (Lipinski definition) is 0. The number of non-ortho nitro benzene ring substituents is 2. The molecule has 0 saturated carbocycles. The van der Waals surface area contributed by atoms with Gasteiger partial charge in [-0.2, -0.15) is 0 Å². The van der Waals surface area contributed by atoms with E-state index in [-0.39, 0.29) is 72.9 Å². The third-order valence-corrected chi connectivity index (χ3v) is 4.97. The van der Waals surface area contributed by atoms with Gasteiger partial charge in [0.05, 0.1) is 23.1 Å². The first-order valence-electron chi connectivity index (χ1n) is 11.1. The van der Waals surface area contributed by atoms with E-state index in [0.717, 1.165) is 12.1 Å². The zero-order chi connectivity index (χ0) is 28.1. The topological polar surface area (TPSA) is 227 Å². The molecule has 0 heterocycles. The van der Waals surface area contributed by atoms with E-state index in [1.807, 2.05) is 0 Å². The number of hydrogen-bond acceptors (Lipinski definition) is 13. The minimum Gasteiger partial charge on any atom is -0.394 e. The summed E-state index contributed by atoms with van der Waals surface area (Å²) in [5.41, 5.74) is 0.0147. The summed E-state index contributed by atoms with van der Waals surface area (Å²) in [4.78, 5) is 62.4. The standard InChI is InChI=1S/C21H22N4O13/c26-21(37-19-9-7-17(22(27)28)13-15(19)5-1-3-11-35-24(31)32)38-20-10-8-18(23(29)30)14-16(20)6-2-4-12-36-25(33)34/h7-10,13-14H,1-6,11-12H2. The van der Waals surface area contributed by atoms with Gasteiger partial charge in [-0.05, 0) is 50.7 Å². The van der Waals surface area contributed by atoms with Gasteiger partial charge in [0.1, 0.15) is 11.5 Å². The van der Waals surface area contributed by atoms with Crippen LogP contribution >= 0.6 is 0 Å². The molecule has 2 rings (SSSR count). The number of aryl methyl sites for hydroxylation is 2. The van der Waals surface area contributed by atoms with Crippen molar-refractivity contribution in [2.24, 2.45) is 0 Å². The molecule has 17 heteroatoms. The molecule has 0 aromatic heterocycles. The Morgan fingerprint density at radius 3 is 1.37 bits per heavy atom. The summed E-state index contributed by atoms with van der Waals surface area (Å²) in [7, 11) is 0. The number of benzene rings is 2. The number of nitro groups is 2. The summed E-state index contributed by atoms with van der Waals surface area (Å²) in [6.45, 7) is -0.359. The van der Waals surface area contributed by atoms with Crippen LogP contribution in [0, 0.1) is 40.5 Å². The number of rotatable bonds is 16. The normalized spacial score (nSPS) is 10.3. The van der Waals surface area contributed by atoms with Gasteiger partial charge in [-0.1, -0.05) is 0 Å². The maximum Gasteiger partial charge on any atom is 0.519 e. The van der Waals surface area contributed by atoms with Crippen LogP contribution in [-0.4, -0.2) is 39.4 Å². The summed E-state index contributed by atoms with van der Waals surface area (Å²) in [6.07, 6.45) is 0.281. The van der Waals surface area contributed by atoms with Crippen molar-refractivity contribution >= 4 is 17.5 Å². The van der Waals surface area contributed by atoms with Crippen LogP contribution in [0.25, 0.3) is 0 Å². The van der Waals surface area contributed by atoms with Crippen LogP contribution in [-0.2, 0) is 22.5 Å². The van der Waals surface area contributed by atoms with Gasteiger partial charge < -0.3 is 19.1 Å². The van der Waals surface area contributed by atoms with Crippen LogP contribution in [0.1, 0.15) is 36.8 Å². The molecule has 0 fully saturated rings. The predicted molar refractivity (Wildman–Crippen MR) is 125 cm³/mol. The monoisotopic (exact) mass is 538 g/mol. The van der Waals surface area contributed by atoms with Crippen molar-refractivity contribution in [3.8, 4) is 11.5 Å². The minimum atomic E-state index is -1.22. The fraction of sp³-hybridized carbons (Fsp3) is 0.381. The molecule has 0 atom stereocenters. The van der Waals surface area contributed by atoms with Crippen LogP contribution in [0.15, 0.2) is 36.4 Å². The zero-order valence-corrected chi connectivity index (χ0v) is 19.7. The largest absolute Gasteiger partial charge is 0.519 e. The predicted octanol–water partition coefficient (Wildman–Crippen LogP) is 4.14. The molecule has 0 aliphatic heterocycles. The van der Waals surface area contributed by atoms with Gasteiger partial charge in [0, 0.05) is 35.4 Å². The van der Waals surface area contributed by atoms with Crippen molar-refractivity contribution in [2.75, 3.05) is 13.2 Å². The van der Waals surface area contributed by atoms with Crippen molar-refractivity contribution < 1.29 is 44.0 Å². The molecule has 0 unspecified atom stereocenters. The molecule has 0 bridgehead atoms. The summed E-state index contributed by atoms with van der Waals surface area (Å²) >= 11 is 0. The maximum atomic E-state index is 12.5. The van der Waals surface area contributed by atoms with Gasteiger partial charge in [-0.3, -0.25) is 20.2 Å². The fourth-order valence-corrected chi connectivity index (χ4v) is 3.26. The van der Waals surface area contributed by atoms with E-state index < -0.39 is 26.2 Å². The summed E-state index contributed by atoms with van der Waals surface area (Å²) in [5.74, 6) is -0.0904. The molecule has 204 valence electrons. The van der Waals surface area contributed by atoms with Gasteiger partial charge in [-0.25, -0.2) is 4.79 Å². The first-order valence-corrected chi connectivity index (χ1v) is 11.1. The van der Waals surface area contributed by atoms with E-state index in [0.29, 0.717) is 12.8 Å². The summed E-state index contributed by atoms with van der Waals surface area (Å²) in [5, 5.41) is 40.9. The number of nitrogens with zero attached hydrogens (tertiary/aromatic N) is 4. The van der Waals surface area contributed by atoms with E-state index in [1.165, 1.54) is 24.3 Å². The van der Waals surface area contributed by atoms with Gasteiger partial charge in [0.15, 0.2) is 0 Å². The molecule has 17 nitrogen and oxygen atoms in total. The Labute approximate surface area is 213 Å². The Kier molecular flexibility index (Phi) is 11.1. The molecule has 0 radical (unpaired) electrons. The number of unbranched alkanes of at least 4 members (excludes halogenated alkanes) is 2. The highest BCUT2D eigenvalue weighted by molar-refractivity contribution is 5.69. The van der Waals surface area contributed by atoms with E-state index in [2.05, 4.69) is 9.68 Å². The lowest BCUT2D eigenvalue weighted by Crippen LogP contribution is -2.16. The SMILES string of the molecule is O=C(Oc1ccc([N+](=O)[O-])cc1CCCCO[N+](=O)[O-])Oc1ccc([N+](=O)[O-])cc1CCCCO[N+](=O)[O-]. The molecule has 0 aliphatic rings. The Hall–Kier alpha value is -5.09. The third-order valence-electron chi connectivity index (χ3n) is 4.97. The third kappa shape index (κ3) is 9.88. The van der Waals surface area contributed by atoms with Crippen LogP contribution in [0.4, 0.5) is 16.2 Å². The summed E-state index contributed by atoms with van der Waals surface area (Å²) in [6, 6.07) is 7.03. The molecule has 2 aromatic rings. The molecule has 0 amide bonds.